The van der Waals surface area contributed by atoms with Gasteiger partial charge in [-0.25, -0.2) is 0 Å². The summed E-state index contributed by atoms with van der Waals surface area (Å²) < 4.78 is 83.0. The highest BCUT2D eigenvalue weighted by atomic mass is 19.4. The lowest BCUT2D eigenvalue weighted by Gasteiger charge is -2.24. The molecule has 0 atom stereocenters. The predicted octanol–water partition coefficient (Wildman–Crippen LogP) is 8.27. The number of alkyl halides is 6. The van der Waals surface area contributed by atoms with Crippen LogP contribution >= 0.6 is 0 Å². The van der Waals surface area contributed by atoms with E-state index in [0.717, 1.165) is 37.8 Å². The minimum atomic E-state index is -4.64. The Hall–Kier alpha value is -2.31. The summed E-state index contributed by atoms with van der Waals surface area (Å²) >= 11 is 0. The van der Waals surface area contributed by atoms with Gasteiger partial charge in [-0.1, -0.05) is 49.9 Å². The maximum atomic E-state index is 13.8. The smallest absolute Gasteiger partial charge is 0.289 e. The number of hydrogen-bond donors (Lipinski definition) is 0. The first-order valence-corrected chi connectivity index (χ1v) is 11.0. The van der Waals surface area contributed by atoms with Crippen molar-refractivity contribution in [3.63, 3.8) is 0 Å². The van der Waals surface area contributed by atoms with Crippen molar-refractivity contribution in [1.82, 2.24) is 0 Å². The van der Waals surface area contributed by atoms with Crippen LogP contribution in [0.5, 0.6) is 0 Å². The molecule has 0 aliphatic heterocycles. The summed E-state index contributed by atoms with van der Waals surface area (Å²) in [4.78, 5) is 13.6. The highest BCUT2D eigenvalue weighted by Crippen LogP contribution is 2.46. The summed E-state index contributed by atoms with van der Waals surface area (Å²) in [6, 6.07) is 6.96. The van der Waals surface area contributed by atoms with E-state index < -0.39 is 41.1 Å². The number of carbonyl (C=O) groups is 1. The molecule has 32 heavy (non-hydrogen) atoms. The fraction of sp³-hybridized carbons (Fsp3) is 0.480. The standard InChI is InChI=1S/C25H24F6O/c26-24(27,28)19-13-5-11-17(21(19)15-7-1-2-8-15)23(32)18-12-6-14-20(25(29,30)31)22(18)16-9-3-4-10-16/h5-6,11-16H,1-4,7-10H2. The first-order chi connectivity index (χ1) is 15.1. The van der Waals surface area contributed by atoms with Gasteiger partial charge in [0.25, 0.3) is 0 Å². The Morgan fingerprint density at radius 3 is 1.28 bits per heavy atom. The summed E-state index contributed by atoms with van der Waals surface area (Å²) in [7, 11) is 0. The average molecular weight is 454 g/mol. The lowest BCUT2D eigenvalue weighted by atomic mass is 9.81. The van der Waals surface area contributed by atoms with Crippen LogP contribution in [0.1, 0.15) is 101 Å². The summed E-state index contributed by atoms with van der Waals surface area (Å²) in [5, 5.41) is 0. The van der Waals surface area contributed by atoms with Gasteiger partial charge in [0, 0.05) is 11.1 Å². The first kappa shape index (κ1) is 22.9. The fourth-order valence-electron chi connectivity index (χ4n) is 5.47. The van der Waals surface area contributed by atoms with E-state index in [1.165, 1.54) is 24.3 Å². The Kier molecular flexibility index (Phi) is 6.12. The largest absolute Gasteiger partial charge is 0.416 e. The van der Waals surface area contributed by atoms with Crippen molar-refractivity contribution in [2.75, 3.05) is 0 Å². The molecular weight excluding hydrogens is 430 g/mol. The second-order valence-corrected chi connectivity index (χ2v) is 8.82. The molecule has 0 amide bonds. The van der Waals surface area contributed by atoms with Gasteiger partial charge in [0.1, 0.15) is 0 Å². The minimum Gasteiger partial charge on any atom is -0.289 e. The van der Waals surface area contributed by atoms with Gasteiger partial charge in [0.05, 0.1) is 11.1 Å². The highest BCUT2D eigenvalue weighted by Gasteiger charge is 2.41. The van der Waals surface area contributed by atoms with Crippen molar-refractivity contribution in [3.8, 4) is 0 Å². The molecule has 0 radical (unpaired) electrons. The van der Waals surface area contributed by atoms with Crippen LogP contribution in [0.4, 0.5) is 26.3 Å². The zero-order valence-electron chi connectivity index (χ0n) is 17.5. The third kappa shape index (κ3) is 4.30. The van der Waals surface area contributed by atoms with E-state index in [0.29, 0.717) is 25.7 Å². The third-order valence-corrected chi connectivity index (χ3v) is 6.84. The molecule has 2 fully saturated rings. The maximum absolute atomic E-state index is 13.8. The summed E-state index contributed by atoms with van der Waals surface area (Å²) in [6.07, 6.45) is -4.09. The molecule has 0 spiro atoms. The number of benzene rings is 2. The second-order valence-electron chi connectivity index (χ2n) is 8.82. The number of halogens is 6. The third-order valence-electron chi connectivity index (χ3n) is 6.84. The minimum absolute atomic E-state index is 0.0581. The quantitative estimate of drug-likeness (QED) is 0.336. The zero-order valence-corrected chi connectivity index (χ0v) is 17.5. The summed E-state index contributed by atoms with van der Waals surface area (Å²) in [5.74, 6) is -1.59. The van der Waals surface area contributed by atoms with Gasteiger partial charge in [-0.2, -0.15) is 26.3 Å². The van der Waals surface area contributed by atoms with Crippen molar-refractivity contribution < 1.29 is 31.1 Å². The van der Waals surface area contributed by atoms with Gasteiger partial charge in [0.15, 0.2) is 5.78 Å². The number of rotatable bonds is 4. The van der Waals surface area contributed by atoms with Gasteiger partial charge in [-0.05, 0) is 60.8 Å². The topological polar surface area (TPSA) is 17.1 Å². The lowest BCUT2D eigenvalue weighted by molar-refractivity contribution is -0.139. The van der Waals surface area contributed by atoms with E-state index in [1.54, 1.807) is 0 Å². The van der Waals surface area contributed by atoms with Gasteiger partial charge >= 0.3 is 12.4 Å². The van der Waals surface area contributed by atoms with Crippen LogP contribution in [0.15, 0.2) is 36.4 Å². The molecule has 2 aliphatic carbocycles. The SMILES string of the molecule is O=C(c1cccc(C(F)(F)F)c1C1CCCC1)c1cccc(C(F)(F)F)c1C1CCCC1. The molecule has 0 saturated heterocycles. The average Bonchev–Trinajstić information content (AvgIpc) is 3.45. The molecule has 0 heterocycles. The van der Waals surface area contributed by atoms with E-state index in [-0.39, 0.29) is 22.3 Å². The maximum Gasteiger partial charge on any atom is 0.416 e. The molecule has 0 N–H and O–H groups in total. The van der Waals surface area contributed by atoms with Crippen molar-refractivity contribution in [2.24, 2.45) is 0 Å². The Morgan fingerprint density at radius 2 is 0.969 bits per heavy atom. The molecule has 172 valence electrons. The van der Waals surface area contributed by atoms with Gasteiger partial charge in [-0.3, -0.25) is 4.79 Å². The molecule has 1 nitrogen and oxygen atoms in total. The van der Waals surface area contributed by atoms with Crippen LogP contribution in [0.3, 0.4) is 0 Å². The van der Waals surface area contributed by atoms with Crippen LogP contribution in [0.25, 0.3) is 0 Å². The molecule has 2 saturated carbocycles. The van der Waals surface area contributed by atoms with Crippen LogP contribution in [-0.2, 0) is 12.4 Å². The molecule has 4 rings (SSSR count). The zero-order chi connectivity index (χ0) is 23.1. The Bertz CT molecular complexity index is 913. The van der Waals surface area contributed by atoms with Crippen molar-refractivity contribution >= 4 is 5.78 Å². The molecule has 2 aromatic carbocycles. The number of carbonyl (C=O) groups excluding carboxylic acids is 1. The summed E-state index contributed by atoms with van der Waals surface area (Å²) in [6.45, 7) is 0. The Balaban J connectivity index is 1.91. The molecule has 0 bridgehead atoms. The molecule has 0 unspecified atom stereocenters. The fourth-order valence-corrected chi connectivity index (χ4v) is 5.47. The molecule has 0 aromatic heterocycles. The Morgan fingerprint density at radius 1 is 0.625 bits per heavy atom. The lowest BCUT2D eigenvalue weighted by Crippen LogP contribution is -2.19. The van der Waals surface area contributed by atoms with Gasteiger partial charge in [0.2, 0.25) is 0 Å². The second kappa shape index (κ2) is 8.56. The molecule has 7 heteroatoms. The first-order valence-electron chi connectivity index (χ1n) is 11.0. The molecular formula is C25H24F6O. The molecule has 2 aromatic rings. The Labute approximate surface area is 182 Å². The van der Waals surface area contributed by atoms with E-state index in [2.05, 4.69) is 0 Å². The van der Waals surface area contributed by atoms with Crippen molar-refractivity contribution in [2.45, 2.75) is 75.6 Å². The van der Waals surface area contributed by atoms with Crippen LogP contribution < -0.4 is 0 Å². The van der Waals surface area contributed by atoms with Crippen molar-refractivity contribution in [1.29, 1.82) is 0 Å². The molecule has 2 aliphatic rings. The van der Waals surface area contributed by atoms with Crippen molar-refractivity contribution in [3.05, 3.63) is 69.8 Å². The van der Waals surface area contributed by atoms with E-state index in [9.17, 15) is 31.1 Å². The predicted molar refractivity (Wildman–Crippen MR) is 109 cm³/mol. The normalized spacial score (nSPS) is 18.4. The van der Waals surface area contributed by atoms with E-state index >= 15 is 0 Å². The van der Waals surface area contributed by atoms with E-state index in [1.807, 2.05) is 0 Å². The van der Waals surface area contributed by atoms with E-state index in [4.69, 9.17) is 0 Å². The van der Waals surface area contributed by atoms with Gasteiger partial charge in [-0.15, -0.1) is 0 Å². The van der Waals surface area contributed by atoms with Crippen LogP contribution in [-0.4, -0.2) is 5.78 Å². The number of ketones is 1. The monoisotopic (exact) mass is 454 g/mol. The van der Waals surface area contributed by atoms with Crippen LogP contribution in [0, 0.1) is 0 Å². The van der Waals surface area contributed by atoms with Gasteiger partial charge < -0.3 is 0 Å². The van der Waals surface area contributed by atoms with Crippen LogP contribution in [0.2, 0.25) is 0 Å². The summed E-state index contributed by atoms with van der Waals surface area (Å²) in [5.41, 5.74) is -2.07. The number of hydrogen-bond acceptors (Lipinski definition) is 1. The highest BCUT2D eigenvalue weighted by molar-refractivity contribution is 6.11.